The highest BCUT2D eigenvalue weighted by molar-refractivity contribution is 5.93. The van der Waals surface area contributed by atoms with Crippen LogP contribution >= 0.6 is 0 Å². The number of pyridine rings is 1. The molecular formula is C14H17N3O2. The number of rotatable bonds is 4. The highest BCUT2D eigenvalue weighted by Crippen LogP contribution is 2.19. The summed E-state index contributed by atoms with van der Waals surface area (Å²) in [5.74, 6) is -0.632. The molecule has 0 spiro atoms. The third-order valence-electron chi connectivity index (χ3n) is 2.88. The molecular weight excluding hydrogens is 242 g/mol. The molecule has 0 aliphatic carbocycles. The molecule has 0 saturated heterocycles. The molecule has 0 bridgehead atoms. The highest BCUT2D eigenvalue weighted by Gasteiger charge is 2.10. The van der Waals surface area contributed by atoms with Gasteiger partial charge in [-0.2, -0.15) is 5.26 Å². The van der Waals surface area contributed by atoms with Gasteiger partial charge in [-0.15, -0.1) is 0 Å². The zero-order valence-electron chi connectivity index (χ0n) is 11.6. The maximum atomic E-state index is 11.4. The van der Waals surface area contributed by atoms with Crippen molar-refractivity contribution in [2.75, 3.05) is 11.9 Å². The Morgan fingerprint density at radius 2 is 2.16 bits per heavy atom. The lowest BCUT2D eigenvalue weighted by molar-refractivity contribution is -0.138. The van der Waals surface area contributed by atoms with Crippen LogP contribution in [0.2, 0.25) is 0 Å². The van der Waals surface area contributed by atoms with Gasteiger partial charge in [0.25, 0.3) is 0 Å². The van der Waals surface area contributed by atoms with Crippen LogP contribution in [0.25, 0.3) is 0 Å². The largest absolute Gasteiger partial charge is 0.462 e. The van der Waals surface area contributed by atoms with Crippen molar-refractivity contribution in [2.24, 2.45) is 0 Å². The van der Waals surface area contributed by atoms with Crippen LogP contribution in [0.4, 0.5) is 5.69 Å². The van der Waals surface area contributed by atoms with E-state index in [0.29, 0.717) is 0 Å². The number of carbonyl (C=O) groups is 1. The standard InChI is InChI=1S/C14H17N3O2/c1-5-19-14(18)12(6-15)7-17-13-8-16-11(4)9(2)10(13)3/h7-8,17H,5H2,1-4H3/b12-7+. The first kappa shape index (κ1) is 14.7. The number of carbonyl (C=O) groups excluding carboxylic acids is 1. The van der Waals surface area contributed by atoms with E-state index in [-0.39, 0.29) is 12.2 Å². The average molecular weight is 259 g/mol. The molecule has 5 nitrogen and oxygen atoms in total. The van der Waals surface area contributed by atoms with Gasteiger partial charge in [0.1, 0.15) is 6.07 Å². The highest BCUT2D eigenvalue weighted by atomic mass is 16.5. The molecule has 1 rings (SSSR count). The quantitative estimate of drug-likeness (QED) is 0.510. The van der Waals surface area contributed by atoms with Crippen molar-refractivity contribution in [2.45, 2.75) is 27.7 Å². The molecule has 0 fully saturated rings. The molecule has 0 atom stereocenters. The molecule has 0 radical (unpaired) electrons. The zero-order valence-corrected chi connectivity index (χ0v) is 11.6. The summed E-state index contributed by atoms with van der Waals surface area (Å²) in [6.45, 7) is 7.79. The van der Waals surface area contributed by atoms with Crippen molar-refractivity contribution in [1.29, 1.82) is 5.26 Å². The van der Waals surface area contributed by atoms with E-state index in [0.717, 1.165) is 22.5 Å². The maximum absolute atomic E-state index is 11.4. The van der Waals surface area contributed by atoms with Crippen molar-refractivity contribution >= 4 is 11.7 Å². The molecule has 0 aliphatic rings. The second kappa shape index (κ2) is 6.55. The number of nitrogens with zero attached hydrogens (tertiary/aromatic N) is 2. The van der Waals surface area contributed by atoms with E-state index in [1.165, 1.54) is 6.20 Å². The fourth-order valence-corrected chi connectivity index (χ4v) is 1.47. The van der Waals surface area contributed by atoms with Crippen LogP contribution in [0.15, 0.2) is 18.0 Å². The molecule has 1 aromatic heterocycles. The van der Waals surface area contributed by atoms with Crippen LogP contribution in [-0.4, -0.2) is 17.6 Å². The van der Waals surface area contributed by atoms with Gasteiger partial charge in [0.15, 0.2) is 5.57 Å². The molecule has 1 aromatic rings. The van der Waals surface area contributed by atoms with E-state index >= 15 is 0 Å². The summed E-state index contributed by atoms with van der Waals surface area (Å²) in [6, 6.07) is 1.81. The smallest absolute Gasteiger partial charge is 0.350 e. The molecule has 19 heavy (non-hydrogen) atoms. The van der Waals surface area contributed by atoms with Gasteiger partial charge in [0, 0.05) is 11.9 Å². The van der Waals surface area contributed by atoms with Crippen molar-refractivity contribution in [1.82, 2.24) is 4.98 Å². The Balaban J connectivity index is 2.94. The lowest BCUT2D eigenvalue weighted by Gasteiger charge is -2.10. The fraction of sp³-hybridized carbons (Fsp3) is 0.357. The number of ether oxygens (including phenoxy) is 1. The molecule has 5 heteroatoms. The van der Waals surface area contributed by atoms with Gasteiger partial charge in [0.05, 0.1) is 18.5 Å². The van der Waals surface area contributed by atoms with E-state index in [1.807, 2.05) is 20.8 Å². The molecule has 0 aromatic carbocycles. The SMILES string of the molecule is CCOC(=O)/C(C#N)=C/Nc1cnc(C)c(C)c1C. The zero-order chi connectivity index (χ0) is 14.4. The number of aryl methyl sites for hydroxylation is 1. The van der Waals surface area contributed by atoms with Gasteiger partial charge >= 0.3 is 5.97 Å². The van der Waals surface area contributed by atoms with Crippen molar-refractivity contribution in [3.05, 3.63) is 34.8 Å². The number of nitrogens with one attached hydrogen (secondary N) is 1. The minimum atomic E-state index is -0.632. The number of aromatic nitrogens is 1. The molecule has 0 saturated carbocycles. The number of esters is 1. The maximum Gasteiger partial charge on any atom is 0.350 e. The summed E-state index contributed by atoms with van der Waals surface area (Å²) in [7, 11) is 0. The summed E-state index contributed by atoms with van der Waals surface area (Å²) >= 11 is 0. The summed E-state index contributed by atoms with van der Waals surface area (Å²) in [5, 5.41) is 11.8. The van der Waals surface area contributed by atoms with Crippen molar-refractivity contribution in [3.63, 3.8) is 0 Å². The van der Waals surface area contributed by atoms with E-state index in [9.17, 15) is 4.79 Å². The Bertz CT molecular complexity index is 557. The van der Waals surface area contributed by atoms with E-state index in [4.69, 9.17) is 10.00 Å². The molecule has 1 heterocycles. The summed E-state index contributed by atoms with van der Waals surface area (Å²) in [5.41, 5.74) is 3.76. The summed E-state index contributed by atoms with van der Waals surface area (Å²) in [6.07, 6.45) is 3.02. The van der Waals surface area contributed by atoms with Gasteiger partial charge in [-0.25, -0.2) is 4.79 Å². The van der Waals surface area contributed by atoms with Gasteiger partial charge in [-0.1, -0.05) is 0 Å². The lowest BCUT2D eigenvalue weighted by Crippen LogP contribution is -2.08. The van der Waals surface area contributed by atoms with Crippen LogP contribution in [0, 0.1) is 32.1 Å². The normalized spacial score (nSPS) is 10.8. The van der Waals surface area contributed by atoms with Gasteiger partial charge in [0.2, 0.25) is 0 Å². The predicted octanol–water partition coefficient (Wildman–Crippen LogP) is 2.39. The third-order valence-corrected chi connectivity index (χ3v) is 2.88. The Hall–Kier alpha value is -2.35. The second-order valence-corrected chi connectivity index (χ2v) is 4.04. The minimum absolute atomic E-state index is 0.0699. The van der Waals surface area contributed by atoms with E-state index in [2.05, 4.69) is 10.3 Å². The average Bonchev–Trinajstić information content (AvgIpc) is 2.39. The Morgan fingerprint density at radius 3 is 2.74 bits per heavy atom. The first-order valence-corrected chi connectivity index (χ1v) is 5.98. The number of nitriles is 1. The van der Waals surface area contributed by atoms with Crippen LogP contribution in [0.5, 0.6) is 0 Å². The van der Waals surface area contributed by atoms with Crippen LogP contribution in [-0.2, 0) is 9.53 Å². The molecule has 1 N–H and O–H groups in total. The Labute approximate surface area is 112 Å². The number of hydrogen-bond acceptors (Lipinski definition) is 5. The number of hydrogen-bond donors (Lipinski definition) is 1. The topological polar surface area (TPSA) is 75.0 Å². The fourth-order valence-electron chi connectivity index (χ4n) is 1.47. The monoisotopic (exact) mass is 259 g/mol. The Kier molecular flexibility index (Phi) is 5.07. The van der Waals surface area contributed by atoms with Crippen molar-refractivity contribution in [3.8, 4) is 6.07 Å². The summed E-state index contributed by atoms with van der Waals surface area (Å²) < 4.78 is 4.77. The first-order valence-electron chi connectivity index (χ1n) is 5.98. The minimum Gasteiger partial charge on any atom is -0.462 e. The second-order valence-electron chi connectivity index (χ2n) is 4.04. The summed E-state index contributed by atoms with van der Waals surface area (Å²) in [4.78, 5) is 15.7. The van der Waals surface area contributed by atoms with E-state index < -0.39 is 5.97 Å². The molecule has 0 unspecified atom stereocenters. The predicted molar refractivity (Wildman–Crippen MR) is 72.4 cm³/mol. The number of anilines is 1. The molecule has 0 amide bonds. The Morgan fingerprint density at radius 1 is 1.47 bits per heavy atom. The van der Waals surface area contributed by atoms with Crippen LogP contribution in [0.1, 0.15) is 23.7 Å². The van der Waals surface area contributed by atoms with Gasteiger partial charge < -0.3 is 10.1 Å². The van der Waals surface area contributed by atoms with Crippen molar-refractivity contribution < 1.29 is 9.53 Å². The molecule has 100 valence electrons. The van der Waals surface area contributed by atoms with Gasteiger partial charge in [-0.3, -0.25) is 4.98 Å². The first-order chi connectivity index (χ1) is 9.01. The van der Waals surface area contributed by atoms with Crippen LogP contribution < -0.4 is 5.32 Å². The van der Waals surface area contributed by atoms with Crippen LogP contribution in [0.3, 0.4) is 0 Å². The third kappa shape index (κ3) is 3.55. The van der Waals surface area contributed by atoms with E-state index in [1.54, 1.807) is 19.2 Å². The lowest BCUT2D eigenvalue weighted by atomic mass is 10.1. The van der Waals surface area contributed by atoms with Gasteiger partial charge in [-0.05, 0) is 38.8 Å². The molecule has 0 aliphatic heterocycles.